The third-order valence-electron chi connectivity index (χ3n) is 3.42. The summed E-state index contributed by atoms with van der Waals surface area (Å²) in [7, 11) is 0. The van der Waals surface area contributed by atoms with Crippen LogP contribution in [0.25, 0.3) is 0 Å². The Morgan fingerprint density at radius 2 is 1.75 bits per heavy atom. The van der Waals surface area contributed by atoms with E-state index in [0.29, 0.717) is 12.8 Å². The Morgan fingerprint density at radius 1 is 1.00 bits per heavy atom. The number of carboxylic acid groups (broad SMARTS) is 1. The Hall–Kier alpha value is -1.65. The van der Waals surface area contributed by atoms with Crippen LogP contribution in [0.4, 0.5) is 0 Å². The van der Waals surface area contributed by atoms with Gasteiger partial charge in [0.15, 0.2) is 0 Å². The maximum atomic E-state index is 10.4. The van der Waals surface area contributed by atoms with E-state index in [2.05, 4.69) is 30.0 Å². The molecule has 136 valence electrons. The zero-order valence-electron chi connectivity index (χ0n) is 14.8. The molecule has 0 aliphatic heterocycles. The molecule has 0 saturated heterocycles. The molecular formula is C20H32O4. The van der Waals surface area contributed by atoms with E-state index < -0.39 is 5.97 Å². The first-order valence-corrected chi connectivity index (χ1v) is 8.86. The molecule has 0 rings (SSSR count). The van der Waals surface area contributed by atoms with E-state index in [-0.39, 0.29) is 12.5 Å². The fourth-order valence-electron chi connectivity index (χ4n) is 2.03. The second-order valence-corrected chi connectivity index (χ2v) is 5.65. The summed E-state index contributed by atoms with van der Waals surface area (Å²) in [5.41, 5.74) is 0. The summed E-state index contributed by atoms with van der Waals surface area (Å²) in [6.07, 6.45) is 23.4. The van der Waals surface area contributed by atoms with Crippen molar-refractivity contribution in [2.24, 2.45) is 0 Å². The number of unbranched alkanes of at least 4 members (excludes halogenated alkanes) is 4. The summed E-state index contributed by atoms with van der Waals surface area (Å²) in [5, 5.41) is 17.4. The van der Waals surface area contributed by atoms with Gasteiger partial charge in [0.2, 0.25) is 0 Å². The van der Waals surface area contributed by atoms with Gasteiger partial charge in [0, 0.05) is 6.42 Å². The van der Waals surface area contributed by atoms with Crippen molar-refractivity contribution in [2.75, 3.05) is 0 Å². The molecule has 0 heterocycles. The standard InChI is InChI=1S/C20H32O4/c1-2-3-4-5-6-7-8-9-10-13-16-19(24-23)17-14-11-12-15-18-20(21)22/h6-7,9-11,13-14,16,19,23H,2-5,8,12,15,17-18H2,1H3,(H,21,22)/b7-6?,10-9?,14-11?,16-13+/t19-/m1/s1. The van der Waals surface area contributed by atoms with E-state index in [0.717, 1.165) is 19.3 Å². The summed E-state index contributed by atoms with van der Waals surface area (Å²) in [5.74, 6) is -0.773. The van der Waals surface area contributed by atoms with Crippen LogP contribution in [0.15, 0.2) is 48.6 Å². The lowest BCUT2D eigenvalue weighted by Crippen LogP contribution is -2.04. The topological polar surface area (TPSA) is 66.8 Å². The lowest BCUT2D eigenvalue weighted by molar-refractivity contribution is -0.264. The Bertz CT molecular complexity index is 408. The summed E-state index contributed by atoms with van der Waals surface area (Å²) >= 11 is 0. The van der Waals surface area contributed by atoms with Crippen molar-refractivity contribution in [2.45, 2.75) is 70.8 Å². The number of hydrogen-bond acceptors (Lipinski definition) is 3. The van der Waals surface area contributed by atoms with Gasteiger partial charge in [0.05, 0.1) is 0 Å². The Labute approximate surface area is 146 Å². The number of allylic oxidation sites excluding steroid dienone is 6. The van der Waals surface area contributed by atoms with Crippen molar-refractivity contribution >= 4 is 5.97 Å². The lowest BCUT2D eigenvalue weighted by atomic mass is 10.1. The molecule has 2 N–H and O–H groups in total. The van der Waals surface area contributed by atoms with Crippen molar-refractivity contribution in [1.82, 2.24) is 0 Å². The highest BCUT2D eigenvalue weighted by Gasteiger charge is 2.00. The van der Waals surface area contributed by atoms with Gasteiger partial charge < -0.3 is 5.11 Å². The molecule has 0 aromatic carbocycles. The molecule has 0 saturated carbocycles. The van der Waals surface area contributed by atoms with E-state index in [1.54, 1.807) is 6.08 Å². The predicted molar refractivity (Wildman–Crippen MR) is 98.9 cm³/mol. The minimum atomic E-state index is -0.773. The molecule has 4 nitrogen and oxygen atoms in total. The van der Waals surface area contributed by atoms with Gasteiger partial charge in [-0.05, 0) is 38.5 Å². The minimum Gasteiger partial charge on any atom is -0.481 e. The van der Waals surface area contributed by atoms with Crippen molar-refractivity contribution < 1.29 is 20.0 Å². The molecule has 0 aliphatic carbocycles. The van der Waals surface area contributed by atoms with Gasteiger partial charge in [0.25, 0.3) is 0 Å². The van der Waals surface area contributed by atoms with Gasteiger partial charge in [-0.2, -0.15) is 0 Å². The summed E-state index contributed by atoms with van der Waals surface area (Å²) < 4.78 is 0. The Kier molecular flexibility index (Phi) is 16.5. The molecule has 0 bridgehead atoms. The van der Waals surface area contributed by atoms with Gasteiger partial charge in [-0.15, -0.1) is 0 Å². The molecule has 0 radical (unpaired) electrons. The largest absolute Gasteiger partial charge is 0.481 e. The highest BCUT2D eigenvalue weighted by molar-refractivity contribution is 5.66. The predicted octanol–water partition coefficient (Wildman–Crippen LogP) is 5.68. The van der Waals surface area contributed by atoms with Gasteiger partial charge in [-0.25, -0.2) is 4.89 Å². The van der Waals surface area contributed by atoms with Gasteiger partial charge in [0.1, 0.15) is 6.10 Å². The average molecular weight is 336 g/mol. The number of carboxylic acids is 1. The first-order valence-electron chi connectivity index (χ1n) is 8.86. The molecule has 0 amide bonds. The number of aliphatic carboxylic acids is 1. The fraction of sp³-hybridized carbons (Fsp3) is 0.550. The molecule has 0 fully saturated rings. The number of carbonyl (C=O) groups is 1. The normalized spacial score (nSPS) is 13.8. The highest BCUT2D eigenvalue weighted by Crippen LogP contribution is 2.04. The van der Waals surface area contributed by atoms with Gasteiger partial charge >= 0.3 is 5.97 Å². The van der Waals surface area contributed by atoms with Crippen molar-refractivity contribution in [3.05, 3.63) is 48.6 Å². The molecule has 0 spiro atoms. The van der Waals surface area contributed by atoms with Crippen LogP contribution >= 0.6 is 0 Å². The Morgan fingerprint density at radius 3 is 2.46 bits per heavy atom. The monoisotopic (exact) mass is 336 g/mol. The quantitative estimate of drug-likeness (QED) is 0.133. The minimum absolute atomic E-state index is 0.183. The van der Waals surface area contributed by atoms with Crippen molar-refractivity contribution in [3.8, 4) is 0 Å². The SMILES string of the molecule is CCCCCC=CCC=C/C=C/[C@H](CC=CCCCC(=O)O)OO. The third-order valence-corrected chi connectivity index (χ3v) is 3.42. The van der Waals surface area contributed by atoms with Crippen molar-refractivity contribution in [3.63, 3.8) is 0 Å². The first-order chi connectivity index (χ1) is 11.7. The van der Waals surface area contributed by atoms with Crippen LogP contribution in [-0.4, -0.2) is 22.4 Å². The van der Waals surface area contributed by atoms with E-state index >= 15 is 0 Å². The van der Waals surface area contributed by atoms with Gasteiger partial charge in [-0.3, -0.25) is 10.1 Å². The summed E-state index contributed by atoms with van der Waals surface area (Å²) in [6, 6.07) is 0. The molecular weight excluding hydrogens is 304 g/mol. The summed E-state index contributed by atoms with van der Waals surface area (Å²) in [6.45, 7) is 2.21. The number of hydrogen-bond donors (Lipinski definition) is 2. The first kappa shape index (κ1) is 22.4. The maximum Gasteiger partial charge on any atom is 0.303 e. The van der Waals surface area contributed by atoms with Crippen LogP contribution in [0.1, 0.15) is 64.7 Å². The van der Waals surface area contributed by atoms with Crippen LogP contribution in [-0.2, 0) is 9.68 Å². The number of rotatable bonds is 15. The zero-order chi connectivity index (χ0) is 17.9. The molecule has 1 atom stereocenters. The fourth-order valence-corrected chi connectivity index (χ4v) is 2.03. The zero-order valence-corrected chi connectivity index (χ0v) is 14.8. The second-order valence-electron chi connectivity index (χ2n) is 5.65. The second kappa shape index (κ2) is 17.7. The molecule has 0 aliphatic rings. The van der Waals surface area contributed by atoms with E-state index in [4.69, 9.17) is 10.4 Å². The average Bonchev–Trinajstić information content (AvgIpc) is 2.57. The lowest BCUT2D eigenvalue weighted by Gasteiger charge is -2.04. The highest BCUT2D eigenvalue weighted by atomic mass is 17.1. The van der Waals surface area contributed by atoms with Crippen LogP contribution in [0.2, 0.25) is 0 Å². The summed E-state index contributed by atoms with van der Waals surface area (Å²) in [4.78, 5) is 14.8. The van der Waals surface area contributed by atoms with E-state index in [1.165, 1.54) is 19.3 Å². The van der Waals surface area contributed by atoms with Crippen LogP contribution < -0.4 is 0 Å². The van der Waals surface area contributed by atoms with Crippen LogP contribution in [0, 0.1) is 0 Å². The third kappa shape index (κ3) is 16.7. The smallest absolute Gasteiger partial charge is 0.303 e. The maximum absolute atomic E-state index is 10.4. The van der Waals surface area contributed by atoms with Crippen LogP contribution in [0.3, 0.4) is 0 Å². The van der Waals surface area contributed by atoms with E-state index in [9.17, 15) is 4.79 Å². The molecule has 0 unspecified atom stereocenters. The van der Waals surface area contributed by atoms with Crippen LogP contribution in [0.5, 0.6) is 0 Å². The Balaban J connectivity index is 3.81. The van der Waals surface area contributed by atoms with E-state index in [1.807, 2.05) is 24.3 Å². The van der Waals surface area contributed by atoms with Gasteiger partial charge in [-0.1, -0.05) is 68.4 Å². The molecule has 0 aromatic heterocycles. The molecule has 4 heteroatoms. The molecule has 24 heavy (non-hydrogen) atoms. The molecule has 0 aromatic rings. The van der Waals surface area contributed by atoms with Crippen molar-refractivity contribution in [1.29, 1.82) is 0 Å².